The Morgan fingerprint density at radius 2 is 2.00 bits per heavy atom. The zero-order chi connectivity index (χ0) is 14.7. The SMILES string of the molecule is CCn1ccn(CC(N)c2cc(C)ccc2OC)c1=O. The highest BCUT2D eigenvalue weighted by molar-refractivity contribution is 5.38. The first-order chi connectivity index (χ1) is 9.56. The average molecular weight is 275 g/mol. The third-order valence-corrected chi connectivity index (χ3v) is 3.44. The predicted octanol–water partition coefficient (Wildman–Crippen LogP) is 1.69. The summed E-state index contributed by atoms with van der Waals surface area (Å²) in [5.41, 5.74) is 8.25. The number of methoxy groups -OCH3 is 1. The highest BCUT2D eigenvalue weighted by Gasteiger charge is 2.14. The van der Waals surface area contributed by atoms with Gasteiger partial charge in [0, 0.05) is 31.0 Å². The van der Waals surface area contributed by atoms with Gasteiger partial charge in [0.05, 0.1) is 13.2 Å². The van der Waals surface area contributed by atoms with E-state index in [1.54, 1.807) is 28.6 Å². The first-order valence-corrected chi connectivity index (χ1v) is 6.72. The number of aromatic nitrogens is 2. The molecule has 1 heterocycles. The van der Waals surface area contributed by atoms with E-state index in [1.807, 2.05) is 32.0 Å². The molecule has 108 valence electrons. The lowest BCUT2D eigenvalue weighted by atomic mass is 10.0. The molecule has 0 radical (unpaired) electrons. The molecule has 0 saturated heterocycles. The smallest absolute Gasteiger partial charge is 0.328 e. The largest absolute Gasteiger partial charge is 0.496 e. The molecule has 0 aliphatic rings. The van der Waals surface area contributed by atoms with E-state index in [9.17, 15) is 4.79 Å². The number of hydrogen-bond acceptors (Lipinski definition) is 3. The number of hydrogen-bond donors (Lipinski definition) is 1. The van der Waals surface area contributed by atoms with Crippen LogP contribution in [0.15, 0.2) is 35.4 Å². The van der Waals surface area contributed by atoms with Crippen LogP contribution in [0.4, 0.5) is 0 Å². The molecule has 0 amide bonds. The normalized spacial score (nSPS) is 12.4. The molecular formula is C15H21N3O2. The molecule has 20 heavy (non-hydrogen) atoms. The van der Waals surface area contributed by atoms with Gasteiger partial charge in [-0.2, -0.15) is 0 Å². The van der Waals surface area contributed by atoms with Crippen LogP contribution < -0.4 is 16.2 Å². The van der Waals surface area contributed by atoms with Crippen LogP contribution in [0, 0.1) is 6.92 Å². The summed E-state index contributed by atoms with van der Waals surface area (Å²) in [4.78, 5) is 12.0. The molecule has 0 aliphatic carbocycles. The average Bonchev–Trinajstić information content (AvgIpc) is 2.79. The third kappa shape index (κ3) is 2.77. The number of nitrogens with two attached hydrogens (primary N) is 1. The van der Waals surface area contributed by atoms with Gasteiger partial charge in [0.15, 0.2) is 0 Å². The number of imidazole rings is 1. The van der Waals surface area contributed by atoms with Crippen LogP contribution in [0.5, 0.6) is 5.75 Å². The maximum Gasteiger partial charge on any atom is 0.328 e. The number of aryl methyl sites for hydroxylation is 2. The van der Waals surface area contributed by atoms with Crippen molar-refractivity contribution in [2.75, 3.05) is 7.11 Å². The molecule has 0 saturated carbocycles. The van der Waals surface area contributed by atoms with Crippen LogP contribution in [0.1, 0.15) is 24.1 Å². The molecule has 2 N–H and O–H groups in total. The summed E-state index contributed by atoms with van der Waals surface area (Å²) in [6, 6.07) is 5.61. The van der Waals surface area contributed by atoms with E-state index < -0.39 is 0 Å². The molecule has 2 rings (SSSR count). The third-order valence-electron chi connectivity index (χ3n) is 3.44. The molecule has 2 aromatic rings. The molecule has 0 spiro atoms. The van der Waals surface area contributed by atoms with Crippen LogP contribution in [-0.4, -0.2) is 16.2 Å². The number of ether oxygens (including phenoxy) is 1. The molecular weight excluding hydrogens is 254 g/mol. The van der Waals surface area contributed by atoms with Crippen molar-refractivity contribution >= 4 is 0 Å². The maximum absolute atomic E-state index is 12.0. The molecule has 5 heteroatoms. The Morgan fingerprint density at radius 1 is 1.30 bits per heavy atom. The molecule has 0 aliphatic heterocycles. The van der Waals surface area contributed by atoms with Crippen molar-refractivity contribution < 1.29 is 4.74 Å². The fourth-order valence-electron chi connectivity index (χ4n) is 2.29. The second kappa shape index (κ2) is 5.96. The molecule has 1 aromatic heterocycles. The van der Waals surface area contributed by atoms with Gasteiger partial charge in [-0.15, -0.1) is 0 Å². The second-order valence-corrected chi connectivity index (χ2v) is 4.87. The van der Waals surface area contributed by atoms with Crippen LogP contribution in [0.25, 0.3) is 0 Å². The van der Waals surface area contributed by atoms with Gasteiger partial charge < -0.3 is 10.5 Å². The van der Waals surface area contributed by atoms with Crippen molar-refractivity contribution in [2.24, 2.45) is 5.73 Å². The summed E-state index contributed by atoms with van der Waals surface area (Å²) in [7, 11) is 1.63. The van der Waals surface area contributed by atoms with Gasteiger partial charge >= 0.3 is 5.69 Å². The minimum atomic E-state index is -0.282. The van der Waals surface area contributed by atoms with Crippen LogP contribution in [0.2, 0.25) is 0 Å². The first-order valence-electron chi connectivity index (χ1n) is 6.72. The quantitative estimate of drug-likeness (QED) is 0.903. The Kier molecular flexibility index (Phi) is 4.29. The number of benzene rings is 1. The molecule has 0 fully saturated rings. The van der Waals surface area contributed by atoms with Crippen molar-refractivity contribution in [2.45, 2.75) is 33.0 Å². The van der Waals surface area contributed by atoms with Gasteiger partial charge in [-0.05, 0) is 19.9 Å². The summed E-state index contributed by atoms with van der Waals surface area (Å²) < 4.78 is 8.63. The summed E-state index contributed by atoms with van der Waals surface area (Å²) >= 11 is 0. The summed E-state index contributed by atoms with van der Waals surface area (Å²) in [5, 5.41) is 0. The van der Waals surface area contributed by atoms with Crippen molar-refractivity contribution in [3.8, 4) is 5.75 Å². The van der Waals surface area contributed by atoms with Gasteiger partial charge in [-0.3, -0.25) is 9.13 Å². The summed E-state index contributed by atoms with van der Waals surface area (Å²) in [5.74, 6) is 0.756. The lowest BCUT2D eigenvalue weighted by Crippen LogP contribution is -2.28. The van der Waals surface area contributed by atoms with Crippen LogP contribution >= 0.6 is 0 Å². The Hall–Kier alpha value is -2.01. The molecule has 1 atom stereocenters. The minimum Gasteiger partial charge on any atom is -0.496 e. The monoisotopic (exact) mass is 275 g/mol. The lowest BCUT2D eigenvalue weighted by molar-refractivity contribution is 0.401. The number of rotatable bonds is 5. The van der Waals surface area contributed by atoms with Gasteiger partial charge in [-0.1, -0.05) is 17.7 Å². The summed E-state index contributed by atoms with van der Waals surface area (Å²) in [6.45, 7) is 5.05. The van der Waals surface area contributed by atoms with Gasteiger partial charge in [0.1, 0.15) is 5.75 Å². The Morgan fingerprint density at radius 3 is 2.60 bits per heavy atom. The molecule has 5 nitrogen and oxygen atoms in total. The highest BCUT2D eigenvalue weighted by atomic mass is 16.5. The number of nitrogens with zero attached hydrogens (tertiary/aromatic N) is 2. The second-order valence-electron chi connectivity index (χ2n) is 4.87. The van der Waals surface area contributed by atoms with Crippen molar-refractivity contribution in [3.63, 3.8) is 0 Å². The molecule has 1 aromatic carbocycles. The Balaban J connectivity index is 2.27. The van der Waals surface area contributed by atoms with Crippen molar-refractivity contribution in [1.29, 1.82) is 0 Å². The lowest BCUT2D eigenvalue weighted by Gasteiger charge is -2.16. The predicted molar refractivity (Wildman–Crippen MR) is 79.0 cm³/mol. The fourth-order valence-corrected chi connectivity index (χ4v) is 2.29. The van der Waals surface area contributed by atoms with Gasteiger partial charge in [-0.25, -0.2) is 4.79 Å². The molecule has 1 unspecified atom stereocenters. The summed E-state index contributed by atoms with van der Waals surface area (Å²) in [6.07, 6.45) is 3.55. The van der Waals surface area contributed by atoms with E-state index in [4.69, 9.17) is 10.5 Å². The van der Waals surface area contributed by atoms with E-state index in [0.717, 1.165) is 16.9 Å². The zero-order valence-electron chi connectivity index (χ0n) is 12.2. The van der Waals surface area contributed by atoms with E-state index >= 15 is 0 Å². The van der Waals surface area contributed by atoms with E-state index in [1.165, 1.54) is 0 Å². The maximum atomic E-state index is 12.0. The molecule has 0 bridgehead atoms. The van der Waals surface area contributed by atoms with Crippen molar-refractivity contribution in [3.05, 3.63) is 52.2 Å². The van der Waals surface area contributed by atoms with Gasteiger partial charge in [0.25, 0.3) is 0 Å². The fraction of sp³-hybridized carbons (Fsp3) is 0.400. The van der Waals surface area contributed by atoms with E-state index in [2.05, 4.69) is 0 Å². The zero-order valence-corrected chi connectivity index (χ0v) is 12.2. The first kappa shape index (κ1) is 14.4. The topological polar surface area (TPSA) is 62.2 Å². The van der Waals surface area contributed by atoms with Crippen LogP contribution in [0.3, 0.4) is 0 Å². The standard InChI is InChI=1S/C15H21N3O2/c1-4-17-7-8-18(15(17)19)10-13(16)12-9-11(2)5-6-14(12)20-3/h5-9,13H,4,10,16H2,1-3H3. The highest BCUT2D eigenvalue weighted by Crippen LogP contribution is 2.25. The van der Waals surface area contributed by atoms with E-state index in [-0.39, 0.29) is 11.7 Å². The minimum absolute atomic E-state index is 0.0328. The van der Waals surface area contributed by atoms with Gasteiger partial charge in [0.2, 0.25) is 0 Å². The Bertz CT molecular complexity index is 643. The van der Waals surface area contributed by atoms with E-state index in [0.29, 0.717) is 13.1 Å². The van der Waals surface area contributed by atoms with Crippen molar-refractivity contribution in [1.82, 2.24) is 9.13 Å². The van der Waals surface area contributed by atoms with Crippen LogP contribution in [-0.2, 0) is 13.1 Å². The Labute approximate surface area is 118 Å².